The second kappa shape index (κ2) is 37.2. The predicted molar refractivity (Wildman–Crippen MR) is 253 cm³/mol. The highest BCUT2D eigenvalue weighted by Gasteiger charge is 2.44. The van der Waals surface area contributed by atoms with Gasteiger partial charge in [0.15, 0.2) is 6.23 Å². The maximum Gasteiger partial charge on any atom is 0.306 e. The molecule has 65 heavy (non-hydrogen) atoms. The molecule has 0 radical (unpaired) electrons. The normalized spacial score (nSPS) is 19.4. The number of aromatic nitrogens is 3. The molecule has 0 bridgehead atoms. The number of amides is 2. The average molecular weight is 942 g/mol. The Morgan fingerprint density at radius 2 is 1.20 bits per heavy atom. The zero-order valence-corrected chi connectivity index (χ0v) is 41.0. The number of rotatable bonds is 40. The third-order valence-electron chi connectivity index (χ3n) is 11.8. The Labute approximate surface area is 393 Å². The van der Waals surface area contributed by atoms with Gasteiger partial charge in [0.05, 0.1) is 19.3 Å². The first kappa shape index (κ1) is 58.3. The van der Waals surface area contributed by atoms with Crippen LogP contribution in [0, 0.1) is 0 Å². The second-order valence-corrected chi connectivity index (χ2v) is 18.8. The lowest BCUT2D eigenvalue weighted by molar-refractivity contribution is -0.254. The Balaban J connectivity index is 2.04. The molecule has 6 N–H and O–H groups in total. The smallest absolute Gasteiger partial charge is 0.306 e. The second-order valence-electron chi connectivity index (χ2n) is 17.8. The van der Waals surface area contributed by atoms with Gasteiger partial charge in [0.2, 0.25) is 11.8 Å². The van der Waals surface area contributed by atoms with Crippen LogP contribution in [0.25, 0.3) is 0 Å². The van der Waals surface area contributed by atoms with E-state index in [0.717, 1.165) is 68.9 Å². The summed E-state index contributed by atoms with van der Waals surface area (Å²) in [5.74, 6) is -1.05. The largest absolute Gasteiger partial charge is 0.462 e. The lowest BCUT2D eigenvalue weighted by Gasteiger charge is -2.39. The summed E-state index contributed by atoms with van der Waals surface area (Å²) in [6.45, 7) is 5.78. The fraction of sp³-hybridized carbons (Fsp3) is 0.875. The van der Waals surface area contributed by atoms with Gasteiger partial charge in [-0.25, -0.2) is 4.68 Å². The van der Waals surface area contributed by atoms with E-state index in [4.69, 9.17) is 14.2 Å². The third kappa shape index (κ3) is 26.3. The van der Waals surface area contributed by atoms with Crippen molar-refractivity contribution in [3.63, 3.8) is 0 Å². The van der Waals surface area contributed by atoms with Crippen molar-refractivity contribution in [3.8, 4) is 0 Å². The summed E-state index contributed by atoms with van der Waals surface area (Å²) in [4.78, 5) is 52.6. The van der Waals surface area contributed by atoms with E-state index in [-0.39, 0.29) is 61.0 Å². The summed E-state index contributed by atoms with van der Waals surface area (Å²) in [6.07, 6.45) is 20.6. The fourth-order valence-corrected chi connectivity index (χ4v) is 8.77. The van der Waals surface area contributed by atoms with E-state index in [9.17, 15) is 39.6 Å². The van der Waals surface area contributed by atoms with Crippen molar-refractivity contribution >= 4 is 35.5 Å². The van der Waals surface area contributed by atoms with Crippen LogP contribution in [0.15, 0.2) is 6.20 Å². The van der Waals surface area contributed by atoms with E-state index in [0.29, 0.717) is 19.3 Å². The highest BCUT2D eigenvalue weighted by molar-refractivity contribution is 7.99. The van der Waals surface area contributed by atoms with Crippen LogP contribution in [0.3, 0.4) is 0 Å². The summed E-state index contributed by atoms with van der Waals surface area (Å²) in [5, 5.41) is 54.2. The van der Waals surface area contributed by atoms with Crippen LogP contribution >= 0.6 is 11.8 Å². The first-order valence-corrected chi connectivity index (χ1v) is 26.4. The monoisotopic (exact) mass is 942 g/mol. The number of nitrogens with zero attached hydrogens (tertiary/aromatic N) is 3. The van der Waals surface area contributed by atoms with Crippen LogP contribution in [0.5, 0.6) is 0 Å². The van der Waals surface area contributed by atoms with Crippen molar-refractivity contribution in [2.24, 2.45) is 0 Å². The van der Waals surface area contributed by atoms with E-state index in [1.807, 2.05) is 0 Å². The Kier molecular flexibility index (Phi) is 33.4. The minimum Gasteiger partial charge on any atom is -0.462 e. The molecule has 376 valence electrons. The summed E-state index contributed by atoms with van der Waals surface area (Å²) in [7, 11) is 0. The number of carbonyl (C=O) groups is 4. The fourth-order valence-electron chi connectivity index (χ4n) is 7.73. The first-order chi connectivity index (χ1) is 31.5. The van der Waals surface area contributed by atoms with Crippen LogP contribution in [-0.2, 0) is 39.9 Å². The molecule has 0 aromatic carbocycles. The summed E-state index contributed by atoms with van der Waals surface area (Å²) < 4.78 is 18.2. The Morgan fingerprint density at radius 3 is 1.74 bits per heavy atom. The number of hydrogen-bond acceptors (Lipinski definition) is 14. The number of nitrogens with one attached hydrogen (secondary N) is 2. The molecule has 1 fully saturated rings. The molecule has 1 aromatic heterocycles. The maximum atomic E-state index is 13.7. The molecule has 1 aliphatic heterocycles. The molecule has 7 atom stereocenters. The SMILES string of the molecule is CCCCCCCCCCC(=O)N[C@H](CSC[C@@H](COC(=O)CCCCCCCCCC)OC(=O)CCCCCCCCCC)C(=O)NCc1cn([C@@H]2OC(CO)C(O)C(O)C2O)nn1. The molecule has 2 rings (SSSR count). The highest BCUT2D eigenvalue weighted by atomic mass is 32.2. The van der Waals surface area contributed by atoms with Crippen LogP contribution in [0.4, 0.5) is 0 Å². The van der Waals surface area contributed by atoms with Gasteiger partial charge in [-0.05, 0) is 19.3 Å². The molecule has 1 saturated heterocycles. The summed E-state index contributed by atoms with van der Waals surface area (Å²) >= 11 is 1.31. The number of thioether (sulfide) groups is 1. The average Bonchev–Trinajstić information content (AvgIpc) is 3.77. The van der Waals surface area contributed by atoms with Gasteiger partial charge in [-0.1, -0.05) is 161 Å². The lowest BCUT2D eigenvalue weighted by Crippen LogP contribution is -2.56. The van der Waals surface area contributed by atoms with E-state index < -0.39 is 55.3 Å². The molecule has 0 spiro atoms. The Hall–Kier alpha value is -2.83. The molecule has 4 unspecified atom stereocenters. The molecule has 2 heterocycles. The number of ether oxygens (including phenoxy) is 3. The molecule has 1 aliphatic rings. The molecule has 1 aromatic rings. The molecule has 0 aliphatic carbocycles. The minimum absolute atomic E-state index is 0.0981. The number of hydrogen-bond donors (Lipinski definition) is 6. The van der Waals surface area contributed by atoms with Gasteiger partial charge in [-0.15, -0.1) is 5.10 Å². The summed E-state index contributed by atoms with van der Waals surface area (Å²) in [6, 6.07) is -0.958. The van der Waals surface area contributed by atoms with Gasteiger partial charge >= 0.3 is 11.9 Å². The molecule has 2 amide bonds. The molecule has 17 heteroatoms. The van der Waals surface area contributed by atoms with Crippen LogP contribution in [-0.4, -0.2) is 120 Å². The van der Waals surface area contributed by atoms with E-state index in [2.05, 4.69) is 41.7 Å². The van der Waals surface area contributed by atoms with E-state index in [1.165, 1.54) is 95.0 Å². The Bertz CT molecular complexity index is 1400. The van der Waals surface area contributed by atoms with E-state index in [1.54, 1.807) is 0 Å². The van der Waals surface area contributed by atoms with Crippen molar-refractivity contribution in [1.29, 1.82) is 0 Å². The molecule has 16 nitrogen and oxygen atoms in total. The zero-order chi connectivity index (χ0) is 47.5. The van der Waals surface area contributed by atoms with Crippen LogP contribution < -0.4 is 10.6 Å². The van der Waals surface area contributed by atoms with Gasteiger partial charge in [-0.3, -0.25) is 19.2 Å². The first-order valence-electron chi connectivity index (χ1n) is 25.3. The standard InChI is InChI=1S/C48H87N5O11S/c1-4-7-10-13-16-19-22-25-28-41(55)50-39(47(61)49-31-37-32-53(52-51-37)48-46(60)45(59)44(58)40(33-54)64-48)36-65-35-38(63-43(57)30-27-24-21-18-15-12-9-6-3)34-62-42(56)29-26-23-20-17-14-11-8-5-2/h32,38-40,44-46,48,54,58-60H,4-31,33-36H2,1-3H3,(H,49,61)(H,50,55)/t38-,39-,40?,44?,45?,46?,48-/m1/s1. The molecular formula is C48H87N5O11S. The Morgan fingerprint density at radius 1 is 0.692 bits per heavy atom. The number of aliphatic hydroxyl groups is 4. The van der Waals surface area contributed by atoms with Crippen molar-refractivity contribution in [3.05, 3.63) is 11.9 Å². The topological polar surface area (TPSA) is 232 Å². The van der Waals surface area contributed by atoms with Gasteiger partial charge in [-0.2, -0.15) is 11.8 Å². The summed E-state index contributed by atoms with van der Waals surface area (Å²) in [5.41, 5.74) is 0.282. The van der Waals surface area contributed by atoms with Crippen molar-refractivity contribution in [2.75, 3.05) is 24.7 Å². The van der Waals surface area contributed by atoms with Crippen LogP contribution in [0.1, 0.15) is 206 Å². The quantitative estimate of drug-likeness (QED) is 0.0284. The third-order valence-corrected chi connectivity index (χ3v) is 13.0. The van der Waals surface area contributed by atoms with Gasteiger partial charge in [0.25, 0.3) is 0 Å². The van der Waals surface area contributed by atoms with Crippen molar-refractivity contribution in [1.82, 2.24) is 25.6 Å². The lowest BCUT2D eigenvalue weighted by atomic mass is 9.98. The highest BCUT2D eigenvalue weighted by Crippen LogP contribution is 2.28. The van der Waals surface area contributed by atoms with Crippen LogP contribution in [0.2, 0.25) is 0 Å². The van der Waals surface area contributed by atoms with E-state index >= 15 is 0 Å². The van der Waals surface area contributed by atoms with Gasteiger partial charge in [0.1, 0.15) is 48.9 Å². The number of esters is 2. The van der Waals surface area contributed by atoms with Gasteiger partial charge in [0, 0.05) is 30.8 Å². The predicted octanol–water partition coefficient (Wildman–Crippen LogP) is 7.13. The number of aliphatic hydroxyl groups excluding tert-OH is 4. The zero-order valence-electron chi connectivity index (χ0n) is 40.1. The van der Waals surface area contributed by atoms with Gasteiger partial charge < -0.3 is 45.3 Å². The van der Waals surface area contributed by atoms with Crippen molar-refractivity contribution < 1.29 is 53.8 Å². The molecular weight excluding hydrogens is 855 g/mol. The molecule has 0 saturated carbocycles. The number of unbranched alkanes of at least 4 members (excludes halogenated alkanes) is 21. The van der Waals surface area contributed by atoms with Crippen molar-refractivity contribution in [2.45, 2.75) is 243 Å². The number of carbonyl (C=O) groups excluding carboxylic acids is 4. The maximum absolute atomic E-state index is 13.7. The minimum atomic E-state index is -1.60.